The van der Waals surface area contributed by atoms with Gasteiger partial charge in [-0.05, 0) is 43.7 Å². The molecule has 1 atom stereocenters. The van der Waals surface area contributed by atoms with Crippen molar-refractivity contribution in [1.29, 1.82) is 0 Å². The molecule has 3 aliphatic rings. The van der Waals surface area contributed by atoms with Crippen molar-refractivity contribution < 1.29 is 4.79 Å². The van der Waals surface area contributed by atoms with Crippen LogP contribution in [0.1, 0.15) is 43.6 Å². The van der Waals surface area contributed by atoms with Gasteiger partial charge < -0.3 is 4.90 Å². The maximum atomic E-state index is 12.7. The Morgan fingerprint density at radius 3 is 2.86 bits per heavy atom. The molecule has 4 nitrogen and oxygen atoms in total. The molecule has 1 amide bonds. The minimum atomic E-state index is -0.217. The Balaban J connectivity index is 1.48. The number of carbonyl (C=O) groups is 1. The van der Waals surface area contributed by atoms with Gasteiger partial charge in [-0.15, -0.1) is 11.3 Å². The highest BCUT2D eigenvalue weighted by Gasteiger charge is 2.59. The fraction of sp³-hybridized carbons (Fsp3) is 0.688. The molecular formula is C16H23N3OS. The fourth-order valence-electron chi connectivity index (χ4n) is 3.45. The predicted molar refractivity (Wildman–Crippen MR) is 84.1 cm³/mol. The number of hydrogen-bond donors (Lipinski definition) is 1. The minimum absolute atomic E-state index is 0.0953. The standard InChI is InChI=1S/C16H23N3OS/c1-2-18(12-5-6-12)9-10-19-14(13-4-3-11-21-13)17-16(7-8-16)15(19)20/h3-4,11-12,14,17H,2,5-10H2,1H3. The molecule has 5 heteroatoms. The van der Waals surface area contributed by atoms with Gasteiger partial charge in [0.1, 0.15) is 11.7 Å². The number of nitrogens with one attached hydrogen (secondary N) is 1. The van der Waals surface area contributed by atoms with Gasteiger partial charge in [0.15, 0.2) is 0 Å². The van der Waals surface area contributed by atoms with Crippen LogP contribution in [0.15, 0.2) is 17.5 Å². The molecule has 1 aromatic heterocycles. The van der Waals surface area contributed by atoms with Gasteiger partial charge in [-0.2, -0.15) is 0 Å². The van der Waals surface area contributed by atoms with E-state index in [-0.39, 0.29) is 11.7 Å². The normalized spacial score (nSPS) is 27.0. The van der Waals surface area contributed by atoms with Crippen LogP contribution in [-0.4, -0.2) is 46.9 Å². The van der Waals surface area contributed by atoms with Gasteiger partial charge in [0.25, 0.3) is 0 Å². The summed E-state index contributed by atoms with van der Waals surface area (Å²) in [5, 5.41) is 5.70. The summed E-state index contributed by atoms with van der Waals surface area (Å²) in [6.45, 7) is 5.17. The second-order valence-electron chi connectivity index (χ2n) is 6.50. The van der Waals surface area contributed by atoms with E-state index in [1.165, 1.54) is 17.7 Å². The van der Waals surface area contributed by atoms with Crippen molar-refractivity contribution in [2.75, 3.05) is 19.6 Å². The van der Waals surface area contributed by atoms with Crippen LogP contribution in [-0.2, 0) is 4.79 Å². The van der Waals surface area contributed by atoms with Gasteiger partial charge in [0.2, 0.25) is 5.91 Å². The topological polar surface area (TPSA) is 35.6 Å². The molecule has 1 saturated heterocycles. The van der Waals surface area contributed by atoms with Crippen molar-refractivity contribution in [1.82, 2.24) is 15.1 Å². The molecule has 2 aliphatic carbocycles. The molecule has 114 valence electrons. The summed E-state index contributed by atoms with van der Waals surface area (Å²) < 4.78 is 0. The molecular weight excluding hydrogens is 282 g/mol. The number of likely N-dealkylation sites (N-methyl/N-ethyl adjacent to an activating group) is 1. The number of amides is 1. The van der Waals surface area contributed by atoms with Crippen molar-refractivity contribution >= 4 is 17.2 Å². The van der Waals surface area contributed by atoms with Crippen LogP contribution < -0.4 is 5.32 Å². The number of rotatable bonds is 6. The van der Waals surface area contributed by atoms with E-state index in [0.29, 0.717) is 5.91 Å². The fourth-order valence-corrected chi connectivity index (χ4v) is 4.24. The monoisotopic (exact) mass is 305 g/mol. The third-order valence-corrected chi connectivity index (χ3v) is 5.98. The summed E-state index contributed by atoms with van der Waals surface area (Å²) >= 11 is 1.74. The lowest BCUT2D eigenvalue weighted by molar-refractivity contribution is -0.131. The maximum Gasteiger partial charge on any atom is 0.244 e. The molecule has 3 fully saturated rings. The molecule has 0 bridgehead atoms. The largest absolute Gasteiger partial charge is 0.319 e. The Morgan fingerprint density at radius 2 is 2.29 bits per heavy atom. The van der Waals surface area contributed by atoms with E-state index in [4.69, 9.17) is 0 Å². The second-order valence-corrected chi connectivity index (χ2v) is 7.48. The third kappa shape index (κ3) is 2.41. The van der Waals surface area contributed by atoms with Gasteiger partial charge in [-0.3, -0.25) is 15.0 Å². The first-order valence-electron chi connectivity index (χ1n) is 8.10. The summed E-state index contributed by atoms with van der Waals surface area (Å²) in [6.07, 6.45) is 4.77. The predicted octanol–water partition coefficient (Wildman–Crippen LogP) is 2.20. The Bertz CT molecular complexity index is 522. The molecule has 1 aromatic rings. The Labute approximate surface area is 130 Å². The van der Waals surface area contributed by atoms with E-state index in [1.807, 2.05) is 0 Å². The number of nitrogens with zero attached hydrogens (tertiary/aromatic N) is 2. The number of carbonyl (C=O) groups excluding carboxylic acids is 1. The first-order valence-corrected chi connectivity index (χ1v) is 8.98. The molecule has 21 heavy (non-hydrogen) atoms. The Kier molecular flexibility index (Phi) is 3.32. The van der Waals surface area contributed by atoms with E-state index >= 15 is 0 Å². The van der Waals surface area contributed by atoms with Gasteiger partial charge in [0.05, 0.1) is 0 Å². The number of thiophene rings is 1. The van der Waals surface area contributed by atoms with Crippen molar-refractivity contribution in [2.24, 2.45) is 0 Å². The van der Waals surface area contributed by atoms with Crippen LogP contribution in [0.3, 0.4) is 0 Å². The zero-order valence-electron chi connectivity index (χ0n) is 12.5. The SMILES string of the molecule is CCN(CCN1C(=O)C2(CC2)NC1c1cccs1)C1CC1. The van der Waals surface area contributed by atoms with E-state index in [2.05, 4.69) is 39.6 Å². The van der Waals surface area contributed by atoms with E-state index in [0.717, 1.165) is 38.5 Å². The van der Waals surface area contributed by atoms with Gasteiger partial charge in [0, 0.05) is 24.0 Å². The Morgan fingerprint density at radius 1 is 1.48 bits per heavy atom. The lowest BCUT2D eigenvalue weighted by Crippen LogP contribution is -2.39. The van der Waals surface area contributed by atoms with E-state index < -0.39 is 0 Å². The third-order valence-electron chi connectivity index (χ3n) is 5.06. The van der Waals surface area contributed by atoms with Gasteiger partial charge >= 0.3 is 0 Å². The summed E-state index contributed by atoms with van der Waals surface area (Å²) in [4.78, 5) is 18.6. The highest BCUT2D eigenvalue weighted by molar-refractivity contribution is 7.10. The lowest BCUT2D eigenvalue weighted by atomic mass is 10.3. The first-order chi connectivity index (χ1) is 10.2. The average Bonchev–Trinajstić information content (AvgIpc) is 3.39. The van der Waals surface area contributed by atoms with Crippen LogP contribution in [0.25, 0.3) is 0 Å². The second kappa shape index (κ2) is 5.07. The molecule has 2 heterocycles. The molecule has 2 saturated carbocycles. The zero-order valence-corrected chi connectivity index (χ0v) is 13.4. The zero-order chi connectivity index (χ0) is 14.4. The molecule has 1 unspecified atom stereocenters. The molecule has 4 rings (SSSR count). The lowest BCUT2D eigenvalue weighted by Gasteiger charge is -2.27. The summed E-state index contributed by atoms with van der Waals surface area (Å²) in [7, 11) is 0. The highest BCUT2D eigenvalue weighted by atomic mass is 32.1. The summed E-state index contributed by atoms with van der Waals surface area (Å²) in [6, 6.07) is 4.99. The van der Waals surface area contributed by atoms with Crippen LogP contribution in [0.5, 0.6) is 0 Å². The smallest absolute Gasteiger partial charge is 0.244 e. The van der Waals surface area contributed by atoms with Crippen LogP contribution >= 0.6 is 11.3 Å². The quantitative estimate of drug-likeness (QED) is 0.875. The van der Waals surface area contributed by atoms with E-state index in [9.17, 15) is 4.79 Å². The molecule has 1 aliphatic heterocycles. The summed E-state index contributed by atoms with van der Waals surface area (Å²) in [5.74, 6) is 0.327. The van der Waals surface area contributed by atoms with Crippen LogP contribution in [0.4, 0.5) is 0 Å². The van der Waals surface area contributed by atoms with Crippen molar-refractivity contribution in [3.63, 3.8) is 0 Å². The van der Waals surface area contributed by atoms with E-state index in [1.54, 1.807) is 11.3 Å². The molecule has 1 spiro atoms. The minimum Gasteiger partial charge on any atom is -0.319 e. The summed E-state index contributed by atoms with van der Waals surface area (Å²) in [5.41, 5.74) is -0.217. The van der Waals surface area contributed by atoms with Crippen LogP contribution in [0.2, 0.25) is 0 Å². The first kappa shape index (κ1) is 13.7. The van der Waals surface area contributed by atoms with Gasteiger partial charge in [-0.25, -0.2) is 0 Å². The maximum absolute atomic E-state index is 12.7. The van der Waals surface area contributed by atoms with Gasteiger partial charge in [-0.1, -0.05) is 13.0 Å². The highest BCUT2D eigenvalue weighted by Crippen LogP contribution is 2.46. The van der Waals surface area contributed by atoms with Crippen molar-refractivity contribution in [2.45, 2.75) is 50.4 Å². The molecule has 1 N–H and O–H groups in total. The average molecular weight is 305 g/mol. The molecule has 0 radical (unpaired) electrons. The van der Waals surface area contributed by atoms with Crippen molar-refractivity contribution in [3.05, 3.63) is 22.4 Å². The number of hydrogen-bond acceptors (Lipinski definition) is 4. The van der Waals surface area contributed by atoms with Crippen LogP contribution in [0, 0.1) is 0 Å². The molecule has 0 aromatic carbocycles. The Hall–Kier alpha value is -0.910. The van der Waals surface area contributed by atoms with Crippen molar-refractivity contribution in [3.8, 4) is 0 Å².